The molecule has 8 heteroatoms. The summed E-state index contributed by atoms with van der Waals surface area (Å²) in [6.45, 7) is 0.530. The molecule has 2 atom stereocenters. The summed E-state index contributed by atoms with van der Waals surface area (Å²) < 4.78 is 52.1. The van der Waals surface area contributed by atoms with E-state index in [-0.39, 0.29) is 12.5 Å². The number of halogens is 3. The number of carbonyl (C=O) groups excluding carboxylic acids is 1. The molecule has 0 aliphatic carbocycles. The second-order valence-corrected chi connectivity index (χ2v) is 8.54. The number of benzene rings is 3. The van der Waals surface area contributed by atoms with Crippen molar-refractivity contribution in [2.75, 3.05) is 20.8 Å². The third kappa shape index (κ3) is 4.98. The minimum absolute atomic E-state index is 0.253. The maximum atomic E-state index is 13.8. The van der Waals surface area contributed by atoms with Gasteiger partial charge in [0.2, 0.25) is 5.91 Å². The molecule has 0 saturated carbocycles. The molecule has 0 saturated heterocycles. The molecule has 184 valence electrons. The van der Waals surface area contributed by atoms with Crippen molar-refractivity contribution < 1.29 is 27.4 Å². The smallest absolute Gasteiger partial charge is 0.239 e. The molecular formula is C27H27F3N2O3. The Bertz CT molecular complexity index is 1200. The molecule has 0 unspecified atom stereocenters. The highest BCUT2D eigenvalue weighted by molar-refractivity contribution is 5.81. The van der Waals surface area contributed by atoms with Gasteiger partial charge in [0.1, 0.15) is 6.04 Å². The fourth-order valence-electron chi connectivity index (χ4n) is 4.89. The number of methoxy groups -OCH3 is 2. The van der Waals surface area contributed by atoms with Crippen LogP contribution in [0.5, 0.6) is 11.5 Å². The average molecular weight is 485 g/mol. The second kappa shape index (κ2) is 10.4. The summed E-state index contributed by atoms with van der Waals surface area (Å²) in [7, 11) is 3.10. The monoisotopic (exact) mass is 484 g/mol. The molecule has 0 bridgehead atoms. The van der Waals surface area contributed by atoms with Crippen LogP contribution >= 0.6 is 0 Å². The van der Waals surface area contributed by atoms with Gasteiger partial charge in [0, 0.05) is 12.6 Å². The van der Waals surface area contributed by atoms with Gasteiger partial charge in [-0.3, -0.25) is 9.69 Å². The van der Waals surface area contributed by atoms with E-state index in [1.807, 2.05) is 47.4 Å². The molecule has 3 aromatic rings. The Kier molecular flexibility index (Phi) is 7.31. The van der Waals surface area contributed by atoms with Crippen LogP contribution in [0.4, 0.5) is 13.2 Å². The van der Waals surface area contributed by atoms with Crippen molar-refractivity contribution in [2.45, 2.75) is 31.3 Å². The van der Waals surface area contributed by atoms with Crippen molar-refractivity contribution in [2.24, 2.45) is 5.73 Å². The molecule has 0 fully saturated rings. The number of aryl methyl sites for hydroxylation is 1. The van der Waals surface area contributed by atoms with Gasteiger partial charge in [-0.25, -0.2) is 13.2 Å². The molecule has 5 nitrogen and oxygen atoms in total. The van der Waals surface area contributed by atoms with Crippen molar-refractivity contribution >= 4 is 5.91 Å². The van der Waals surface area contributed by atoms with Crippen LogP contribution in [0.3, 0.4) is 0 Å². The summed E-state index contributed by atoms with van der Waals surface area (Å²) in [5.74, 6) is -3.32. The molecule has 3 aromatic carbocycles. The van der Waals surface area contributed by atoms with Gasteiger partial charge in [-0.05, 0) is 65.8 Å². The zero-order valence-corrected chi connectivity index (χ0v) is 19.6. The molecule has 1 amide bonds. The Morgan fingerprint density at radius 1 is 1.03 bits per heavy atom. The predicted octanol–water partition coefficient (Wildman–Crippen LogP) is 4.88. The minimum atomic E-state index is -1.49. The highest BCUT2D eigenvalue weighted by Gasteiger charge is 2.36. The van der Waals surface area contributed by atoms with Gasteiger partial charge in [0.15, 0.2) is 29.0 Å². The summed E-state index contributed by atoms with van der Waals surface area (Å²) in [5.41, 5.74) is 8.90. The highest BCUT2D eigenvalue weighted by Crippen LogP contribution is 2.43. The zero-order valence-electron chi connectivity index (χ0n) is 19.6. The topological polar surface area (TPSA) is 64.8 Å². The summed E-state index contributed by atoms with van der Waals surface area (Å²) in [4.78, 5) is 14.7. The van der Waals surface area contributed by atoms with E-state index in [0.717, 1.165) is 28.8 Å². The van der Waals surface area contributed by atoms with E-state index in [4.69, 9.17) is 15.2 Å². The number of primary amides is 1. The van der Waals surface area contributed by atoms with E-state index >= 15 is 0 Å². The van der Waals surface area contributed by atoms with Crippen LogP contribution in [0.25, 0.3) is 0 Å². The van der Waals surface area contributed by atoms with Crippen molar-refractivity contribution in [3.8, 4) is 11.5 Å². The van der Waals surface area contributed by atoms with E-state index in [2.05, 4.69) is 0 Å². The third-order valence-electron chi connectivity index (χ3n) is 6.51. The van der Waals surface area contributed by atoms with Crippen LogP contribution in [0.1, 0.15) is 40.8 Å². The molecule has 0 aromatic heterocycles. The van der Waals surface area contributed by atoms with Crippen LogP contribution in [0.15, 0.2) is 54.6 Å². The van der Waals surface area contributed by atoms with Crippen LogP contribution in [0, 0.1) is 17.5 Å². The first-order valence-electron chi connectivity index (χ1n) is 11.3. The van der Waals surface area contributed by atoms with Gasteiger partial charge < -0.3 is 15.2 Å². The van der Waals surface area contributed by atoms with E-state index in [9.17, 15) is 18.0 Å². The Morgan fingerprint density at radius 2 is 1.66 bits per heavy atom. The van der Waals surface area contributed by atoms with Crippen LogP contribution in [-0.2, 0) is 17.6 Å². The molecule has 1 aliphatic rings. The summed E-state index contributed by atoms with van der Waals surface area (Å²) in [6.07, 6.45) is 1.30. The van der Waals surface area contributed by atoms with Gasteiger partial charge in [0.05, 0.1) is 14.2 Å². The Balaban J connectivity index is 1.77. The Morgan fingerprint density at radius 3 is 2.26 bits per heavy atom. The lowest BCUT2D eigenvalue weighted by Crippen LogP contribution is -2.44. The number of hydrogen-bond acceptors (Lipinski definition) is 4. The molecular weight excluding hydrogens is 457 g/mol. The standard InChI is InChI=1S/C27H27F3N2O3/c1-34-23-14-18-10-11-32(26(27(31)33)17-6-4-3-5-7-17)22(19(18)15-24(23)35-2)9-8-16-12-20(28)25(30)21(29)13-16/h3-7,12-15,22,26H,8-11H2,1-2H3,(H2,31,33)/t22-,26+/m0/s1. The van der Waals surface area contributed by atoms with Gasteiger partial charge in [0.25, 0.3) is 0 Å². The zero-order chi connectivity index (χ0) is 25.1. The summed E-state index contributed by atoms with van der Waals surface area (Å²) >= 11 is 0. The van der Waals surface area contributed by atoms with Gasteiger partial charge in [-0.1, -0.05) is 30.3 Å². The molecule has 0 spiro atoms. The van der Waals surface area contributed by atoms with Crippen LogP contribution in [0.2, 0.25) is 0 Å². The quantitative estimate of drug-likeness (QED) is 0.463. The molecule has 2 N–H and O–H groups in total. The second-order valence-electron chi connectivity index (χ2n) is 8.54. The van der Waals surface area contributed by atoms with Crippen molar-refractivity contribution in [3.05, 3.63) is 94.3 Å². The number of fused-ring (bicyclic) bond motifs is 1. The molecule has 1 heterocycles. The minimum Gasteiger partial charge on any atom is -0.493 e. The van der Waals surface area contributed by atoms with Gasteiger partial charge >= 0.3 is 0 Å². The number of rotatable bonds is 8. The summed E-state index contributed by atoms with van der Waals surface area (Å²) in [5, 5.41) is 0. The average Bonchev–Trinajstić information content (AvgIpc) is 2.86. The van der Waals surface area contributed by atoms with E-state index in [1.54, 1.807) is 14.2 Å². The van der Waals surface area contributed by atoms with Gasteiger partial charge in [-0.15, -0.1) is 0 Å². The first kappa shape index (κ1) is 24.6. The summed E-state index contributed by atoms with van der Waals surface area (Å²) in [6, 6.07) is 14.0. The number of ether oxygens (including phenoxy) is 2. The molecule has 4 rings (SSSR count). The maximum Gasteiger partial charge on any atom is 0.239 e. The van der Waals surface area contributed by atoms with E-state index in [1.165, 1.54) is 0 Å². The fraction of sp³-hybridized carbons (Fsp3) is 0.296. The number of nitrogens with two attached hydrogens (primary N) is 1. The Labute approximate surface area is 202 Å². The normalized spacial score (nSPS) is 16.4. The van der Waals surface area contributed by atoms with Crippen molar-refractivity contribution in [1.29, 1.82) is 0 Å². The van der Waals surface area contributed by atoms with Crippen LogP contribution in [-0.4, -0.2) is 31.6 Å². The molecule has 0 radical (unpaired) electrons. The Hall–Kier alpha value is -3.52. The number of nitrogens with zero attached hydrogens (tertiary/aromatic N) is 1. The van der Waals surface area contributed by atoms with Crippen molar-refractivity contribution in [3.63, 3.8) is 0 Å². The third-order valence-corrected chi connectivity index (χ3v) is 6.51. The largest absolute Gasteiger partial charge is 0.493 e. The highest BCUT2D eigenvalue weighted by atomic mass is 19.2. The first-order chi connectivity index (χ1) is 16.8. The number of carbonyl (C=O) groups is 1. The number of amides is 1. The SMILES string of the molecule is COc1cc2c(cc1OC)[C@H](CCc1cc(F)c(F)c(F)c1)N([C@@H](C(N)=O)c1ccccc1)CC2. The van der Waals surface area contributed by atoms with Gasteiger partial charge in [-0.2, -0.15) is 0 Å². The first-order valence-corrected chi connectivity index (χ1v) is 11.3. The van der Waals surface area contributed by atoms with E-state index < -0.39 is 29.4 Å². The predicted molar refractivity (Wildman–Crippen MR) is 126 cm³/mol. The lowest BCUT2D eigenvalue weighted by molar-refractivity contribution is -0.124. The fourth-order valence-corrected chi connectivity index (χ4v) is 4.89. The lowest BCUT2D eigenvalue weighted by Gasteiger charge is -2.41. The molecule has 35 heavy (non-hydrogen) atoms. The maximum absolute atomic E-state index is 13.8. The number of hydrogen-bond donors (Lipinski definition) is 1. The van der Waals surface area contributed by atoms with Crippen molar-refractivity contribution in [1.82, 2.24) is 4.90 Å². The van der Waals surface area contributed by atoms with Crippen LogP contribution < -0.4 is 15.2 Å². The lowest BCUT2D eigenvalue weighted by atomic mass is 9.86. The van der Waals surface area contributed by atoms with E-state index in [0.29, 0.717) is 36.4 Å². The molecule has 1 aliphatic heterocycles.